The second-order valence-electron chi connectivity index (χ2n) is 2.14. The number of carbonyl (C=O) groups is 1. The summed E-state index contributed by atoms with van der Waals surface area (Å²) in [5.74, 6) is -0.0944. The summed E-state index contributed by atoms with van der Waals surface area (Å²) in [6.07, 6.45) is 1.83. The first-order valence-corrected chi connectivity index (χ1v) is 4.39. The highest BCUT2D eigenvalue weighted by molar-refractivity contribution is 7.99. The third-order valence-electron chi connectivity index (χ3n) is 1.09. The van der Waals surface area contributed by atoms with Crippen LogP contribution in [0.25, 0.3) is 0 Å². The molecule has 0 aromatic carbocycles. The van der Waals surface area contributed by atoms with Gasteiger partial charge in [0, 0.05) is 11.5 Å². The predicted molar refractivity (Wildman–Crippen MR) is 44.4 cm³/mol. The molecule has 1 unspecified atom stereocenters. The van der Waals surface area contributed by atoms with E-state index in [0.717, 1.165) is 0 Å². The van der Waals surface area contributed by atoms with Crippen LogP contribution in [0.4, 0.5) is 4.39 Å². The standard InChI is InChI=1S/C7H11FO2S/c1-6(7(9)10)5-11-4-2-3-8/h2-3,6H,4-5H2,1H3,(H,9,10). The fourth-order valence-corrected chi connectivity index (χ4v) is 1.26. The average molecular weight is 178 g/mol. The van der Waals surface area contributed by atoms with E-state index in [9.17, 15) is 9.18 Å². The molecule has 0 amide bonds. The molecule has 2 nitrogen and oxygen atoms in total. The van der Waals surface area contributed by atoms with Gasteiger partial charge in [-0.05, 0) is 6.08 Å². The lowest BCUT2D eigenvalue weighted by Gasteiger charge is -2.02. The molecule has 0 aliphatic carbocycles. The average Bonchev–Trinajstić information content (AvgIpc) is 1.97. The van der Waals surface area contributed by atoms with Gasteiger partial charge in [-0.3, -0.25) is 4.79 Å². The van der Waals surface area contributed by atoms with Gasteiger partial charge in [0.2, 0.25) is 0 Å². The largest absolute Gasteiger partial charge is 0.481 e. The first-order chi connectivity index (χ1) is 5.18. The van der Waals surface area contributed by atoms with Crippen molar-refractivity contribution in [3.05, 3.63) is 12.4 Å². The van der Waals surface area contributed by atoms with Crippen molar-refractivity contribution in [1.82, 2.24) is 0 Å². The van der Waals surface area contributed by atoms with Crippen molar-refractivity contribution in [3.63, 3.8) is 0 Å². The van der Waals surface area contributed by atoms with Gasteiger partial charge < -0.3 is 5.11 Å². The van der Waals surface area contributed by atoms with Crippen molar-refractivity contribution in [3.8, 4) is 0 Å². The normalized spacial score (nSPS) is 13.6. The van der Waals surface area contributed by atoms with E-state index in [4.69, 9.17) is 5.11 Å². The van der Waals surface area contributed by atoms with Crippen molar-refractivity contribution in [2.24, 2.45) is 5.92 Å². The molecule has 0 bridgehead atoms. The Morgan fingerprint density at radius 3 is 2.91 bits per heavy atom. The highest BCUT2D eigenvalue weighted by Gasteiger charge is 2.09. The third-order valence-corrected chi connectivity index (χ3v) is 2.26. The van der Waals surface area contributed by atoms with E-state index in [-0.39, 0.29) is 5.92 Å². The lowest BCUT2D eigenvalue weighted by Crippen LogP contribution is -2.11. The molecule has 0 fully saturated rings. The van der Waals surface area contributed by atoms with E-state index in [0.29, 0.717) is 17.8 Å². The summed E-state index contributed by atoms with van der Waals surface area (Å²) in [5, 5.41) is 8.43. The van der Waals surface area contributed by atoms with Crippen LogP contribution in [0.3, 0.4) is 0 Å². The summed E-state index contributed by atoms with van der Waals surface area (Å²) in [4.78, 5) is 10.3. The molecule has 1 atom stereocenters. The number of carboxylic acid groups (broad SMARTS) is 1. The lowest BCUT2D eigenvalue weighted by molar-refractivity contribution is -0.140. The van der Waals surface area contributed by atoms with Gasteiger partial charge in [-0.1, -0.05) is 6.92 Å². The van der Waals surface area contributed by atoms with Gasteiger partial charge in [0.15, 0.2) is 0 Å². The monoisotopic (exact) mass is 178 g/mol. The van der Waals surface area contributed by atoms with Gasteiger partial charge >= 0.3 is 5.97 Å². The number of carboxylic acids is 1. The minimum absolute atomic E-state index is 0.354. The van der Waals surface area contributed by atoms with Crippen molar-refractivity contribution in [1.29, 1.82) is 0 Å². The molecule has 0 heterocycles. The SMILES string of the molecule is CC(CSCC=CF)C(=O)O. The van der Waals surface area contributed by atoms with E-state index in [2.05, 4.69) is 0 Å². The number of rotatable bonds is 5. The highest BCUT2D eigenvalue weighted by atomic mass is 32.2. The summed E-state index contributed by atoms with van der Waals surface area (Å²) in [5.41, 5.74) is 0. The third kappa shape index (κ3) is 5.91. The molecule has 0 saturated carbocycles. The molecule has 0 radical (unpaired) electrons. The summed E-state index contributed by atoms with van der Waals surface area (Å²) in [6.45, 7) is 1.63. The molecule has 1 N–H and O–H groups in total. The molecule has 0 spiro atoms. The van der Waals surface area contributed by atoms with Crippen LogP contribution in [0.1, 0.15) is 6.92 Å². The van der Waals surface area contributed by atoms with Crippen LogP contribution < -0.4 is 0 Å². The topological polar surface area (TPSA) is 37.3 Å². The fraction of sp³-hybridized carbons (Fsp3) is 0.571. The minimum atomic E-state index is -0.804. The molecule has 0 aliphatic rings. The maximum absolute atomic E-state index is 11.4. The molecule has 64 valence electrons. The van der Waals surface area contributed by atoms with Crippen LogP contribution >= 0.6 is 11.8 Å². The Kier molecular flexibility index (Phi) is 5.93. The van der Waals surface area contributed by atoms with E-state index in [1.807, 2.05) is 0 Å². The Hall–Kier alpha value is -0.510. The van der Waals surface area contributed by atoms with Gasteiger partial charge in [-0.2, -0.15) is 11.8 Å². The number of aliphatic carboxylic acids is 1. The number of hydrogen-bond acceptors (Lipinski definition) is 2. The molecule has 11 heavy (non-hydrogen) atoms. The maximum atomic E-state index is 11.4. The van der Waals surface area contributed by atoms with Crippen LogP contribution in [0.15, 0.2) is 12.4 Å². The summed E-state index contributed by atoms with van der Waals surface area (Å²) in [6, 6.07) is 0. The Morgan fingerprint density at radius 1 is 1.82 bits per heavy atom. The smallest absolute Gasteiger partial charge is 0.307 e. The van der Waals surface area contributed by atoms with E-state index in [1.165, 1.54) is 17.8 Å². The molecule has 4 heteroatoms. The first kappa shape index (κ1) is 10.5. The fourth-order valence-electron chi connectivity index (χ4n) is 0.421. The van der Waals surface area contributed by atoms with E-state index < -0.39 is 5.97 Å². The Bertz CT molecular complexity index is 147. The zero-order valence-corrected chi connectivity index (χ0v) is 7.10. The van der Waals surface area contributed by atoms with Crippen molar-refractivity contribution in [2.75, 3.05) is 11.5 Å². The van der Waals surface area contributed by atoms with Gasteiger partial charge in [0.25, 0.3) is 0 Å². The van der Waals surface area contributed by atoms with Crippen LogP contribution in [-0.4, -0.2) is 22.6 Å². The number of halogens is 1. The summed E-state index contributed by atoms with van der Waals surface area (Å²) < 4.78 is 11.4. The van der Waals surface area contributed by atoms with Crippen LogP contribution in [0.2, 0.25) is 0 Å². The lowest BCUT2D eigenvalue weighted by atomic mass is 10.2. The van der Waals surface area contributed by atoms with Crippen molar-refractivity contribution in [2.45, 2.75) is 6.92 Å². The van der Waals surface area contributed by atoms with Crippen LogP contribution in [-0.2, 0) is 4.79 Å². The molecule has 0 aliphatic heterocycles. The Morgan fingerprint density at radius 2 is 2.45 bits per heavy atom. The molecular weight excluding hydrogens is 167 g/mol. The Balaban J connectivity index is 3.31. The van der Waals surface area contributed by atoms with Crippen LogP contribution in [0, 0.1) is 5.92 Å². The molecule has 0 aromatic rings. The molecule has 0 rings (SSSR count). The zero-order chi connectivity index (χ0) is 8.69. The number of hydrogen-bond donors (Lipinski definition) is 1. The first-order valence-electron chi connectivity index (χ1n) is 3.24. The minimum Gasteiger partial charge on any atom is -0.481 e. The second-order valence-corrected chi connectivity index (χ2v) is 3.21. The summed E-state index contributed by atoms with van der Waals surface area (Å²) in [7, 11) is 0. The quantitative estimate of drug-likeness (QED) is 0.653. The molecule has 0 saturated heterocycles. The summed E-state index contributed by atoms with van der Waals surface area (Å²) >= 11 is 1.41. The van der Waals surface area contributed by atoms with Gasteiger partial charge in [-0.25, -0.2) is 4.39 Å². The Labute approximate surface area is 69.5 Å². The predicted octanol–water partition coefficient (Wildman–Crippen LogP) is 1.92. The van der Waals surface area contributed by atoms with E-state index >= 15 is 0 Å². The maximum Gasteiger partial charge on any atom is 0.307 e. The van der Waals surface area contributed by atoms with E-state index in [1.54, 1.807) is 6.92 Å². The highest BCUT2D eigenvalue weighted by Crippen LogP contribution is 2.08. The zero-order valence-electron chi connectivity index (χ0n) is 6.29. The van der Waals surface area contributed by atoms with Gasteiger partial charge in [0.1, 0.15) is 0 Å². The molecule has 0 aromatic heterocycles. The van der Waals surface area contributed by atoms with Crippen molar-refractivity contribution >= 4 is 17.7 Å². The van der Waals surface area contributed by atoms with Gasteiger partial charge in [-0.15, -0.1) is 0 Å². The van der Waals surface area contributed by atoms with Crippen LogP contribution in [0.5, 0.6) is 0 Å². The second kappa shape index (κ2) is 6.22. The van der Waals surface area contributed by atoms with Crippen molar-refractivity contribution < 1.29 is 14.3 Å². The molecular formula is C7H11FO2S. The van der Waals surface area contributed by atoms with Gasteiger partial charge in [0.05, 0.1) is 12.2 Å². The number of thioether (sulfide) groups is 1.